The zero-order valence-corrected chi connectivity index (χ0v) is 13.8. The minimum Gasteiger partial charge on any atom is -0.384 e. The number of benzene rings is 1. The molecular formula is C20H28N2. The topological polar surface area (TPSA) is 15.3 Å². The third-order valence-corrected chi connectivity index (χ3v) is 7.29. The number of hydrogen-bond donors (Lipinski definition) is 1. The Morgan fingerprint density at radius 2 is 2.00 bits per heavy atom. The van der Waals surface area contributed by atoms with Gasteiger partial charge < -0.3 is 10.2 Å². The lowest BCUT2D eigenvalue weighted by Gasteiger charge is -2.44. The lowest BCUT2D eigenvalue weighted by molar-refractivity contribution is 0.0887. The first-order valence-electron chi connectivity index (χ1n) is 9.33. The first-order chi connectivity index (χ1) is 10.7. The maximum atomic E-state index is 3.68. The molecule has 22 heavy (non-hydrogen) atoms. The number of fused-ring (bicyclic) bond motifs is 4. The predicted octanol–water partition coefficient (Wildman–Crippen LogP) is 3.94. The number of piperidine rings is 1. The molecule has 1 N–H and O–H groups in total. The summed E-state index contributed by atoms with van der Waals surface area (Å²) < 4.78 is 0. The molecule has 3 fully saturated rings. The summed E-state index contributed by atoms with van der Waals surface area (Å²) in [7, 11) is 0. The van der Waals surface area contributed by atoms with Gasteiger partial charge >= 0.3 is 0 Å². The van der Waals surface area contributed by atoms with Crippen molar-refractivity contribution in [2.75, 3.05) is 25.0 Å². The van der Waals surface area contributed by atoms with E-state index in [1.54, 1.807) is 5.56 Å². The SMILES string of the molecule is Cc1ccc2c(c1)C1(CCN([C@@H]3C[C@H]4CC[C@@H]3C4)CC1)CN2. The van der Waals surface area contributed by atoms with E-state index in [2.05, 4.69) is 35.3 Å². The van der Waals surface area contributed by atoms with Gasteiger partial charge in [-0.15, -0.1) is 0 Å². The molecule has 3 atom stereocenters. The summed E-state index contributed by atoms with van der Waals surface area (Å²) in [6, 6.07) is 7.92. The van der Waals surface area contributed by atoms with E-state index in [1.165, 1.54) is 62.9 Å². The van der Waals surface area contributed by atoms with Crippen molar-refractivity contribution >= 4 is 5.69 Å². The molecule has 1 aromatic rings. The second-order valence-electron chi connectivity index (χ2n) is 8.46. The quantitative estimate of drug-likeness (QED) is 0.844. The highest BCUT2D eigenvalue weighted by Gasteiger charge is 2.46. The van der Waals surface area contributed by atoms with E-state index in [1.807, 2.05) is 0 Å². The van der Waals surface area contributed by atoms with E-state index >= 15 is 0 Å². The number of anilines is 1. The summed E-state index contributed by atoms with van der Waals surface area (Å²) >= 11 is 0. The summed E-state index contributed by atoms with van der Waals surface area (Å²) in [5.74, 6) is 2.11. The summed E-state index contributed by atoms with van der Waals surface area (Å²) in [6.07, 6.45) is 8.78. The maximum absolute atomic E-state index is 3.68. The van der Waals surface area contributed by atoms with Gasteiger partial charge in [-0.25, -0.2) is 0 Å². The molecule has 0 radical (unpaired) electrons. The van der Waals surface area contributed by atoms with Crippen LogP contribution >= 0.6 is 0 Å². The van der Waals surface area contributed by atoms with Gasteiger partial charge in [-0.05, 0) is 75.6 Å². The average molecular weight is 296 g/mol. The van der Waals surface area contributed by atoms with Gasteiger partial charge in [-0.2, -0.15) is 0 Å². The Morgan fingerprint density at radius 3 is 2.73 bits per heavy atom. The van der Waals surface area contributed by atoms with E-state index < -0.39 is 0 Å². The molecule has 5 rings (SSSR count). The molecule has 1 aromatic carbocycles. The first kappa shape index (κ1) is 13.4. The van der Waals surface area contributed by atoms with Crippen LogP contribution < -0.4 is 5.32 Å². The molecule has 2 nitrogen and oxygen atoms in total. The highest BCUT2D eigenvalue weighted by molar-refractivity contribution is 5.61. The summed E-state index contributed by atoms with van der Waals surface area (Å²) in [5.41, 5.74) is 4.85. The second-order valence-corrected chi connectivity index (χ2v) is 8.46. The molecular weight excluding hydrogens is 268 g/mol. The van der Waals surface area contributed by atoms with E-state index in [0.29, 0.717) is 5.41 Å². The van der Waals surface area contributed by atoms with Crippen molar-refractivity contribution in [1.29, 1.82) is 0 Å². The molecule has 4 aliphatic rings. The Labute approximate surface area is 134 Å². The largest absolute Gasteiger partial charge is 0.384 e. The Morgan fingerprint density at radius 1 is 1.14 bits per heavy atom. The van der Waals surface area contributed by atoms with E-state index in [-0.39, 0.29) is 0 Å². The minimum absolute atomic E-state index is 0.426. The van der Waals surface area contributed by atoms with Crippen molar-refractivity contribution in [1.82, 2.24) is 4.90 Å². The second kappa shape index (κ2) is 4.74. The Balaban J connectivity index is 1.34. The molecule has 1 saturated heterocycles. The van der Waals surface area contributed by atoms with Crippen molar-refractivity contribution in [3.8, 4) is 0 Å². The lowest BCUT2D eigenvalue weighted by atomic mass is 9.73. The lowest BCUT2D eigenvalue weighted by Crippen LogP contribution is -2.49. The molecule has 2 heterocycles. The molecule has 2 aliphatic heterocycles. The van der Waals surface area contributed by atoms with Crippen molar-refractivity contribution in [2.45, 2.75) is 56.9 Å². The Bertz CT molecular complexity index is 585. The van der Waals surface area contributed by atoms with Crippen LogP contribution in [0.3, 0.4) is 0 Å². The van der Waals surface area contributed by atoms with Gasteiger partial charge in [-0.3, -0.25) is 0 Å². The number of aryl methyl sites for hydroxylation is 1. The maximum Gasteiger partial charge on any atom is 0.0379 e. The van der Waals surface area contributed by atoms with Gasteiger partial charge in [0.15, 0.2) is 0 Å². The molecule has 0 amide bonds. The van der Waals surface area contributed by atoms with Crippen LogP contribution in [0.1, 0.15) is 49.7 Å². The Hall–Kier alpha value is -1.02. The van der Waals surface area contributed by atoms with Crippen LogP contribution in [0.25, 0.3) is 0 Å². The first-order valence-corrected chi connectivity index (χ1v) is 9.33. The molecule has 118 valence electrons. The molecule has 2 heteroatoms. The number of nitrogens with zero attached hydrogens (tertiary/aromatic N) is 1. The minimum atomic E-state index is 0.426. The summed E-state index contributed by atoms with van der Waals surface area (Å²) in [6.45, 7) is 6.04. The highest BCUT2D eigenvalue weighted by Crippen LogP contribution is 2.49. The van der Waals surface area contributed by atoms with Crippen LogP contribution in [0, 0.1) is 18.8 Å². The normalized spacial score (nSPS) is 35.8. The smallest absolute Gasteiger partial charge is 0.0379 e. The van der Waals surface area contributed by atoms with Gasteiger partial charge in [0, 0.05) is 23.7 Å². The van der Waals surface area contributed by atoms with Crippen LogP contribution in [0.2, 0.25) is 0 Å². The number of likely N-dealkylation sites (tertiary alicyclic amines) is 1. The van der Waals surface area contributed by atoms with Gasteiger partial charge in [-0.1, -0.05) is 24.1 Å². The Kier molecular flexibility index (Phi) is 2.89. The standard InChI is InChI=1S/C20H28N2/c1-14-2-5-18-17(10-14)20(13-21-18)6-8-22(9-7-20)19-12-15-3-4-16(19)11-15/h2,5,10,15-16,19,21H,3-4,6-9,11-13H2,1H3/t15-,16+,19+/m0/s1. The molecule has 0 unspecified atom stereocenters. The van der Waals surface area contributed by atoms with Crippen LogP contribution in [-0.2, 0) is 5.41 Å². The van der Waals surface area contributed by atoms with Gasteiger partial charge in [0.25, 0.3) is 0 Å². The van der Waals surface area contributed by atoms with E-state index in [4.69, 9.17) is 0 Å². The van der Waals surface area contributed by atoms with Gasteiger partial charge in [0.1, 0.15) is 0 Å². The van der Waals surface area contributed by atoms with E-state index in [0.717, 1.165) is 24.4 Å². The molecule has 2 saturated carbocycles. The molecule has 2 bridgehead atoms. The van der Waals surface area contributed by atoms with Crippen LogP contribution in [0.5, 0.6) is 0 Å². The monoisotopic (exact) mass is 296 g/mol. The third-order valence-electron chi connectivity index (χ3n) is 7.29. The van der Waals surface area contributed by atoms with Crippen molar-refractivity contribution in [3.05, 3.63) is 29.3 Å². The van der Waals surface area contributed by atoms with Crippen molar-refractivity contribution in [3.63, 3.8) is 0 Å². The summed E-state index contributed by atoms with van der Waals surface area (Å²) in [4.78, 5) is 2.86. The number of nitrogens with one attached hydrogen (secondary N) is 1. The molecule has 1 spiro atoms. The average Bonchev–Trinajstić information content (AvgIpc) is 3.24. The highest BCUT2D eigenvalue weighted by atomic mass is 15.2. The molecule has 2 aliphatic carbocycles. The van der Waals surface area contributed by atoms with Crippen LogP contribution in [-0.4, -0.2) is 30.6 Å². The predicted molar refractivity (Wildman–Crippen MR) is 91.4 cm³/mol. The summed E-state index contributed by atoms with van der Waals surface area (Å²) in [5, 5.41) is 3.68. The fourth-order valence-electron chi connectivity index (χ4n) is 6.00. The zero-order chi connectivity index (χ0) is 14.7. The van der Waals surface area contributed by atoms with Gasteiger partial charge in [0.2, 0.25) is 0 Å². The van der Waals surface area contributed by atoms with Crippen LogP contribution in [0.15, 0.2) is 18.2 Å². The van der Waals surface area contributed by atoms with Crippen molar-refractivity contribution in [2.24, 2.45) is 11.8 Å². The fraction of sp³-hybridized carbons (Fsp3) is 0.700. The fourth-order valence-corrected chi connectivity index (χ4v) is 6.00. The third kappa shape index (κ3) is 1.89. The number of hydrogen-bond acceptors (Lipinski definition) is 2. The van der Waals surface area contributed by atoms with Gasteiger partial charge in [0.05, 0.1) is 0 Å². The van der Waals surface area contributed by atoms with Crippen molar-refractivity contribution < 1.29 is 0 Å². The number of rotatable bonds is 1. The zero-order valence-electron chi connectivity index (χ0n) is 13.8. The van der Waals surface area contributed by atoms with E-state index in [9.17, 15) is 0 Å². The molecule has 0 aromatic heterocycles. The van der Waals surface area contributed by atoms with Crippen LogP contribution in [0.4, 0.5) is 5.69 Å².